The van der Waals surface area contributed by atoms with Crippen LogP contribution in [0.3, 0.4) is 0 Å². The molecule has 0 radical (unpaired) electrons. The van der Waals surface area contributed by atoms with Gasteiger partial charge in [0.05, 0.1) is 5.56 Å². The standard InChI is InChI=1S/C11H14FNO2S/c1-16-6-2-5-13-8-3-4-10(12)9(7-8)11(14)15/h3-4,7,13H,2,5-6H2,1H3,(H,14,15). The Balaban J connectivity index is 2.61. The van der Waals surface area contributed by atoms with Crippen LogP contribution in [0.1, 0.15) is 16.8 Å². The number of carboxylic acid groups (broad SMARTS) is 1. The minimum absolute atomic E-state index is 0.296. The molecular weight excluding hydrogens is 229 g/mol. The molecule has 1 aromatic rings. The third-order valence-corrected chi connectivity index (χ3v) is 2.75. The second-order valence-electron chi connectivity index (χ2n) is 3.27. The highest BCUT2D eigenvalue weighted by atomic mass is 32.2. The van der Waals surface area contributed by atoms with E-state index in [2.05, 4.69) is 5.32 Å². The van der Waals surface area contributed by atoms with Gasteiger partial charge in [-0.3, -0.25) is 0 Å². The summed E-state index contributed by atoms with van der Waals surface area (Å²) in [5.41, 5.74) is 0.342. The molecule has 0 amide bonds. The topological polar surface area (TPSA) is 49.3 Å². The fourth-order valence-electron chi connectivity index (χ4n) is 1.25. The van der Waals surface area contributed by atoms with Crippen molar-refractivity contribution in [3.8, 4) is 0 Å². The second kappa shape index (κ2) is 6.37. The maximum Gasteiger partial charge on any atom is 0.338 e. The molecule has 5 heteroatoms. The normalized spacial score (nSPS) is 10.1. The molecule has 1 rings (SSSR count). The summed E-state index contributed by atoms with van der Waals surface area (Å²) < 4.78 is 13.1. The van der Waals surface area contributed by atoms with Crippen LogP contribution in [0.25, 0.3) is 0 Å². The lowest BCUT2D eigenvalue weighted by molar-refractivity contribution is 0.0692. The molecule has 1 aromatic carbocycles. The number of benzene rings is 1. The predicted octanol–water partition coefficient (Wildman–Crippen LogP) is 2.69. The van der Waals surface area contributed by atoms with Crippen LogP contribution < -0.4 is 5.32 Å². The second-order valence-corrected chi connectivity index (χ2v) is 4.26. The van der Waals surface area contributed by atoms with E-state index in [4.69, 9.17) is 5.11 Å². The molecule has 0 aliphatic carbocycles. The molecule has 0 unspecified atom stereocenters. The van der Waals surface area contributed by atoms with Gasteiger partial charge in [-0.05, 0) is 36.6 Å². The quantitative estimate of drug-likeness (QED) is 0.754. The molecule has 0 aromatic heterocycles. The van der Waals surface area contributed by atoms with Crippen LogP contribution in [-0.4, -0.2) is 29.6 Å². The Kier molecular flexibility index (Phi) is 5.11. The Hall–Kier alpha value is -1.23. The van der Waals surface area contributed by atoms with Crippen LogP contribution in [0.15, 0.2) is 18.2 Å². The maximum atomic E-state index is 13.1. The molecule has 0 fully saturated rings. The van der Waals surface area contributed by atoms with E-state index in [1.54, 1.807) is 17.8 Å². The van der Waals surface area contributed by atoms with Crippen LogP contribution in [0.4, 0.5) is 10.1 Å². The smallest absolute Gasteiger partial charge is 0.338 e. The number of hydrogen-bond donors (Lipinski definition) is 2. The first-order valence-corrected chi connectivity index (χ1v) is 6.30. The lowest BCUT2D eigenvalue weighted by Gasteiger charge is -2.07. The van der Waals surface area contributed by atoms with Crippen molar-refractivity contribution in [2.45, 2.75) is 6.42 Å². The predicted molar refractivity (Wildman–Crippen MR) is 64.8 cm³/mol. The van der Waals surface area contributed by atoms with E-state index in [1.807, 2.05) is 6.26 Å². The van der Waals surface area contributed by atoms with Crippen molar-refractivity contribution in [1.29, 1.82) is 0 Å². The Morgan fingerprint density at radius 1 is 1.56 bits per heavy atom. The summed E-state index contributed by atoms with van der Waals surface area (Å²) in [6.07, 6.45) is 3.02. The number of anilines is 1. The molecule has 0 heterocycles. The first-order valence-electron chi connectivity index (χ1n) is 4.91. The highest BCUT2D eigenvalue weighted by Gasteiger charge is 2.10. The number of nitrogens with one attached hydrogen (secondary N) is 1. The summed E-state index contributed by atoms with van der Waals surface area (Å²) in [5.74, 6) is -0.910. The highest BCUT2D eigenvalue weighted by Crippen LogP contribution is 2.14. The largest absolute Gasteiger partial charge is 0.478 e. The molecule has 0 aliphatic rings. The van der Waals surface area contributed by atoms with Crippen molar-refractivity contribution in [3.05, 3.63) is 29.6 Å². The Morgan fingerprint density at radius 2 is 2.31 bits per heavy atom. The van der Waals surface area contributed by atoms with Gasteiger partial charge in [-0.1, -0.05) is 0 Å². The molecular formula is C11H14FNO2S. The van der Waals surface area contributed by atoms with Crippen molar-refractivity contribution < 1.29 is 14.3 Å². The number of halogens is 1. The Bertz CT molecular complexity index is 371. The summed E-state index contributed by atoms with van der Waals surface area (Å²) in [5, 5.41) is 11.8. The maximum absolute atomic E-state index is 13.1. The number of thioether (sulfide) groups is 1. The van der Waals surface area contributed by atoms with E-state index < -0.39 is 11.8 Å². The number of aromatic carboxylic acids is 1. The molecule has 0 saturated carbocycles. The lowest BCUT2D eigenvalue weighted by Crippen LogP contribution is -2.06. The van der Waals surface area contributed by atoms with Gasteiger partial charge in [0.15, 0.2) is 0 Å². The van der Waals surface area contributed by atoms with Crippen LogP contribution in [-0.2, 0) is 0 Å². The van der Waals surface area contributed by atoms with Crippen molar-refractivity contribution >= 4 is 23.4 Å². The van der Waals surface area contributed by atoms with Crippen LogP contribution in [0, 0.1) is 5.82 Å². The number of carboxylic acids is 1. The summed E-state index contributed by atoms with van der Waals surface area (Å²) in [4.78, 5) is 10.7. The summed E-state index contributed by atoms with van der Waals surface area (Å²) in [6, 6.07) is 4.03. The van der Waals surface area contributed by atoms with Gasteiger partial charge in [-0.2, -0.15) is 11.8 Å². The summed E-state index contributed by atoms with van der Waals surface area (Å²) in [6.45, 7) is 0.755. The Morgan fingerprint density at radius 3 is 2.94 bits per heavy atom. The van der Waals surface area contributed by atoms with Crippen LogP contribution in [0.2, 0.25) is 0 Å². The zero-order chi connectivity index (χ0) is 12.0. The van der Waals surface area contributed by atoms with Gasteiger partial charge in [0.1, 0.15) is 5.82 Å². The SMILES string of the molecule is CSCCCNc1ccc(F)c(C(=O)O)c1. The molecule has 0 atom stereocenters. The van der Waals surface area contributed by atoms with Gasteiger partial charge < -0.3 is 10.4 Å². The molecule has 88 valence electrons. The molecule has 0 spiro atoms. The fraction of sp³-hybridized carbons (Fsp3) is 0.364. The van der Waals surface area contributed by atoms with Crippen molar-refractivity contribution in [2.75, 3.05) is 23.9 Å². The van der Waals surface area contributed by atoms with Crippen molar-refractivity contribution in [2.24, 2.45) is 0 Å². The third-order valence-electron chi connectivity index (χ3n) is 2.05. The van der Waals surface area contributed by atoms with Gasteiger partial charge in [0.25, 0.3) is 0 Å². The number of carbonyl (C=O) groups is 1. The number of hydrogen-bond acceptors (Lipinski definition) is 3. The molecule has 3 nitrogen and oxygen atoms in total. The average molecular weight is 243 g/mol. The van der Waals surface area contributed by atoms with Crippen LogP contribution >= 0.6 is 11.8 Å². The first-order chi connectivity index (χ1) is 7.65. The Labute approximate surface area is 98.1 Å². The average Bonchev–Trinajstić information content (AvgIpc) is 2.26. The minimum Gasteiger partial charge on any atom is -0.478 e. The fourth-order valence-corrected chi connectivity index (χ4v) is 1.68. The zero-order valence-corrected chi connectivity index (χ0v) is 9.81. The molecule has 0 bridgehead atoms. The van der Waals surface area contributed by atoms with E-state index in [1.165, 1.54) is 12.1 Å². The molecule has 0 saturated heterocycles. The third kappa shape index (κ3) is 3.73. The van der Waals surface area contributed by atoms with Crippen molar-refractivity contribution in [3.63, 3.8) is 0 Å². The zero-order valence-electron chi connectivity index (χ0n) is 9.00. The van der Waals surface area contributed by atoms with Gasteiger partial charge in [0.2, 0.25) is 0 Å². The lowest BCUT2D eigenvalue weighted by atomic mass is 10.2. The minimum atomic E-state index is -1.25. The van der Waals surface area contributed by atoms with E-state index in [0.29, 0.717) is 5.69 Å². The van der Waals surface area contributed by atoms with Crippen LogP contribution in [0.5, 0.6) is 0 Å². The first kappa shape index (κ1) is 12.8. The molecule has 2 N–H and O–H groups in total. The van der Waals surface area contributed by atoms with Gasteiger partial charge in [-0.15, -0.1) is 0 Å². The summed E-state index contributed by atoms with van der Waals surface area (Å²) >= 11 is 1.75. The van der Waals surface area contributed by atoms with Gasteiger partial charge in [0, 0.05) is 12.2 Å². The van der Waals surface area contributed by atoms with E-state index in [0.717, 1.165) is 18.7 Å². The van der Waals surface area contributed by atoms with E-state index in [-0.39, 0.29) is 5.56 Å². The van der Waals surface area contributed by atoms with Crippen molar-refractivity contribution in [1.82, 2.24) is 0 Å². The van der Waals surface area contributed by atoms with E-state index in [9.17, 15) is 9.18 Å². The number of rotatable bonds is 6. The molecule has 0 aliphatic heterocycles. The van der Waals surface area contributed by atoms with E-state index >= 15 is 0 Å². The highest BCUT2D eigenvalue weighted by molar-refractivity contribution is 7.98. The monoisotopic (exact) mass is 243 g/mol. The van der Waals surface area contributed by atoms with Gasteiger partial charge in [-0.25, -0.2) is 9.18 Å². The molecule has 16 heavy (non-hydrogen) atoms. The van der Waals surface area contributed by atoms with Gasteiger partial charge >= 0.3 is 5.97 Å². The summed E-state index contributed by atoms with van der Waals surface area (Å²) in [7, 11) is 0.